The summed E-state index contributed by atoms with van der Waals surface area (Å²) in [6.45, 7) is 11.1. The van der Waals surface area contributed by atoms with Crippen molar-refractivity contribution >= 4 is 11.9 Å². The van der Waals surface area contributed by atoms with E-state index in [2.05, 4.69) is 27.7 Å². The van der Waals surface area contributed by atoms with Crippen LogP contribution in [-0.4, -0.2) is 47.2 Å². The van der Waals surface area contributed by atoms with Gasteiger partial charge in [-0.2, -0.15) is 0 Å². The van der Waals surface area contributed by atoms with Gasteiger partial charge < -0.3 is 14.7 Å². The van der Waals surface area contributed by atoms with Crippen molar-refractivity contribution in [2.24, 2.45) is 11.3 Å². The van der Waals surface area contributed by atoms with Crippen molar-refractivity contribution in [2.45, 2.75) is 53.1 Å². The molecule has 0 aromatic rings. The highest BCUT2D eigenvalue weighted by Gasteiger charge is 2.42. The number of rotatable bonds is 6. The summed E-state index contributed by atoms with van der Waals surface area (Å²) in [7, 11) is 0. The highest BCUT2D eigenvalue weighted by molar-refractivity contribution is 5.77. The van der Waals surface area contributed by atoms with E-state index in [0.717, 1.165) is 6.42 Å². The van der Waals surface area contributed by atoms with E-state index in [4.69, 9.17) is 9.84 Å². The number of carbonyl (C=O) groups is 2. The van der Waals surface area contributed by atoms with Gasteiger partial charge in [-0.15, -0.1) is 0 Å². The number of aliphatic carboxylic acids is 1. The van der Waals surface area contributed by atoms with Crippen LogP contribution >= 0.6 is 0 Å². The number of carbonyl (C=O) groups excluding carboxylic acids is 1. The van der Waals surface area contributed by atoms with Gasteiger partial charge in [0.15, 0.2) is 0 Å². The molecule has 1 atom stereocenters. The number of hydrogen-bond acceptors (Lipinski definition) is 3. The van der Waals surface area contributed by atoms with Gasteiger partial charge >= 0.3 is 5.97 Å². The van der Waals surface area contributed by atoms with Crippen LogP contribution in [0.1, 0.15) is 47.5 Å². The SMILES string of the molecule is CC(CC(=O)N1CC(C)(OCC(=O)O)C1)CC(C)(C)C. The summed E-state index contributed by atoms with van der Waals surface area (Å²) in [6.07, 6.45) is 1.56. The van der Waals surface area contributed by atoms with Crippen LogP contribution in [0.4, 0.5) is 0 Å². The van der Waals surface area contributed by atoms with Crippen molar-refractivity contribution in [3.8, 4) is 0 Å². The predicted octanol–water partition coefficient (Wildman–Crippen LogP) is 2.15. The highest BCUT2D eigenvalue weighted by atomic mass is 16.5. The Morgan fingerprint density at radius 1 is 1.35 bits per heavy atom. The molecule has 0 spiro atoms. The molecule has 20 heavy (non-hydrogen) atoms. The third-order valence-electron chi connectivity index (χ3n) is 3.43. The molecule has 1 N–H and O–H groups in total. The van der Waals surface area contributed by atoms with E-state index in [1.165, 1.54) is 0 Å². The van der Waals surface area contributed by atoms with Crippen LogP contribution in [0.2, 0.25) is 0 Å². The van der Waals surface area contributed by atoms with Crippen molar-refractivity contribution in [1.29, 1.82) is 0 Å². The summed E-state index contributed by atoms with van der Waals surface area (Å²) in [5.74, 6) is -0.484. The Morgan fingerprint density at radius 2 is 1.90 bits per heavy atom. The summed E-state index contributed by atoms with van der Waals surface area (Å²) >= 11 is 0. The van der Waals surface area contributed by atoms with E-state index in [1.807, 2.05) is 6.92 Å². The van der Waals surface area contributed by atoms with E-state index in [-0.39, 0.29) is 17.9 Å². The van der Waals surface area contributed by atoms with E-state index < -0.39 is 11.6 Å². The van der Waals surface area contributed by atoms with Crippen LogP contribution in [0.25, 0.3) is 0 Å². The zero-order valence-electron chi connectivity index (χ0n) is 13.2. The minimum atomic E-state index is -0.977. The average Bonchev–Trinajstić information content (AvgIpc) is 2.19. The second kappa shape index (κ2) is 6.12. The maximum Gasteiger partial charge on any atom is 0.329 e. The molecule has 5 nitrogen and oxygen atoms in total. The van der Waals surface area contributed by atoms with Gasteiger partial charge in [-0.1, -0.05) is 27.7 Å². The quantitative estimate of drug-likeness (QED) is 0.812. The smallest absolute Gasteiger partial charge is 0.329 e. The Morgan fingerprint density at radius 3 is 2.35 bits per heavy atom. The molecule has 1 saturated heterocycles. The van der Waals surface area contributed by atoms with Gasteiger partial charge in [-0.05, 0) is 24.7 Å². The molecular formula is C15H27NO4. The number of hydrogen-bond donors (Lipinski definition) is 1. The normalized spacial score (nSPS) is 19.4. The van der Waals surface area contributed by atoms with Gasteiger partial charge in [0.25, 0.3) is 0 Å². The molecule has 1 aliphatic rings. The van der Waals surface area contributed by atoms with E-state index in [9.17, 15) is 9.59 Å². The van der Waals surface area contributed by atoms with E-state index in [1.54, 1.807) is 4.90 Å². The van der Waals surface area contributed by atoms with E-state index >= 15 is 0 Å². The first-order chi connectivity index (χ1) is 9.01. The Labute approximate surface area is 121 Å². The first kappa shape index (κ1) is 17.0. The second-order valence-electron chi connectivity index (χ2n) is 7.46. The number of ether oxygens (including phenoxy) is 1. The molecule has 0 aromatic heterocycles. The molecule has 1 rings (SSSR count). The minimum Gasteiger partial charge on any atom is -0.480 e. The third-order valence-corrected chi connectivity index (χ3v) is 3.43. The molecule has 1 unspecified atom stereocenters. The maximum absolute atomic E-state index is 12.1. The molecule has 0 aliphatic carbocycles. The van der Waals surface area contributed by atoms with Gasteiger partial charge in [-0.3, -0.25) is 4.79 Å². The first-order valence-corrected chi connectivity index (χ1v) is 7.14. The largest absolute Gasteiger partial charge is 0.480 e. The molecular weight excluding hydrogens is 258 g/mol. The zero-order chi connectivity index (χ0) is 15.6. The topological polar surface area (TPSA) is 66.8 Å². The van der Waals surface area contributed by atoms with Gasteiger partial charge in [0.1, 0.15) is 12.2 Å². The van der Waals surface area contributed by atoms with Crippen molar-refractivity contribution in [2.75, 3.05) is 19.7 Å². The van der Waals surface area contributed by atoms with Gasteiger partial charge in [0, 0.05) is 6.42 Å². The fourth-order valence-corrected chi connectivity index (χ4v) is 2.81. The maximum atomic E-state index is 12.1. The van der Waals surface area contributed by atoms with Crippen LogP contribution in [0.3, 0.4) is 0 Å². The van der Waals surface area contributed by atoms with Crippen LogP contribution in [0, 0.1) is 11.3 Å². The lowest BCUT2D eigenvalue weighted by Crippen LogP contribution is -2.63. The van der Waals surface area contributed by atoms with Crippen LogP contribution in [-0.2, 0) is 14.3 Å². The Kier molecular flexibility index (Phi) is 5.19. The fourth-order valence-electron chi connectivity index (χ4n) is 2.81. The average molecular weight is 285 g/mol. The Hall–Kier alpha value is -1.10. The molecule has 5 heteroatoms. The number of amides is 1. The minimum absolute atomic E-state index is 0.137. The lowest BCUT2D eigenvalue weighted by atomic mass is 9.83. The predicted molar refractivity (Wildman–Crippen MR) is 76.4 cm³/mol. The summed E-state index contributed by atoms with van der Waals surface area (Å²) in [5.41, 5.74) is -0.269. The fraction of sp³-hybridized carbons (Fsp3) is 0.867. The van der Waals surface area contributed by atoms with Gasteiger partial charge in [0.05, 0.1) is 13.1 Å². The molecule has 0 radical (unpaired) electrons. The lowest BCUT2D eigenvalue weighted by Gasteiger charge is -2.47. The molecule has 1 heterocycles. The van der Waals surface area contributed by atoms with Crippen LogP contribution in [0.15, 0.2) is 0 Å². The monoisotopic (exact) mass is 285 g/mol. The number of carboxylic acids is 1. The molecule has 0 saturated carbocycles. The lowest BCUT2D eigenvalue weighted by molar-refractivity contribution is -0.173. The first-order valence-electron chi connectivity index (χ1n) is 7.14. The summed E-state index contributed by atoms with van der Waals surface area (Å²) in [6, 6.07) is 0. The standard InChI is InChI=1S/C15H27NO4/c1-11(7-14(2,3)4)6-12(17)16-9-15(5,10-16)20-8-13(18)19/h11H,6-10H2,1-5H3,(H,18,19). The number of likely N-dealkylation sites (tertiary alicyclic amines) is 1. The molecule has 0 bridgehead atoms. The zero-order valence-corrected chi connectivity index (χ0v) is 13.2. The summed E-state index contributed by atoms with van der Waals surface area (Å²) in [4.78, 5) is 24.3. The Bertz CT molecular complexity index is 367. The third kappa shape index (κ3) is 5.49. The molecule has 1 aliphatic heterocycles. The second-order valence-corrected chi connectivity index (χ2v) is 7.46. The molecule has 116 valence electrons. The number of carboxylic acid groups (broad SMARTS) is 1. The van der Waals surface area contributed by atoms with Crippen molar-refractivity contribution in [3.05, 3.63) is 0 Å². The van der Waals surface area contributed by atoms with Crippen LogP contribution in [0.5, 0.6) is 0 Å². The summed E-state index contributed by atoms with van der Waals surface area (Å²) in [5, 5.41) is 8.59. The number of nitrogens with zero attached hydrogens (tertiary/aromatic N) is 1. The van der Waals surface area contributed by atoms with Crippen molar-refractivity contribution < 1.29 is 19.4 Å². The summed E-state index contributed by atoms with van der Waals surface area (Å²) < 4.78 is 5.30. The van der Waals surface area contributed by atoms with Crippen molar-refractivity contribution in [3.63, 3.8) is 0 Å². The molecule has 1 fully saturated rings. The van der Waals surface area contributed by atoms with Gasteiger partial charge in [-0.25, -0.2) is 4.79 Å². The molecule has 1 amide bonds. The van der Waals surface area contributed by atoms with Gasteiger partial charge in [0.2, 0.25) is 5.91 Å². The Balaban J connectivity index is 2.32. The highest BCUT2D eigenvalue weighted by Crippen LogP contribution is 2.29. The van der Waals surface area contributed by atoms with E-state index in [0.29, 0.717) is 25.4 Å². The molecule has 0 aromatic carbocycles. The van der Waals surface area contributed by atoms with Crippen molar-refractivity contribution in [1.82, 2.24) is 4.90 Å². The van der Waals surface area contributed by atoms with Crippen LogP contribution < -0.4 is 0 Å².